The number of carbonyl (C=O) groups is 2. The molecule has 0 spiro atoms. The first kappa shape index (κ1) is 27.2. The van der Waals surface area contributed by atoms with Crippen LogP contribution in [0.2, 0.25) is 0 Å². The predicted octanol–water partition coefficient (Wildman–Crippen LogP) is 5.81. The highest BCUT2D eigenvalue weighted by Gasteiger charge is 2.60. The van der Waals surface area contributed by atoms with E-state index in [1.807, 2.05) is 13.8 Å². The van der Waals surface area contributed by atoms with Crippen molar-refractivity contribution in [2.75, 3.05) is 6.61 Å². The zero-order valence-electron chi connectivity index (χ0n) is 20.0. The molecule has 0 aromatic rings. The van der Waals surface area contributed by atoms with E-state index in [-0.39, 0.29) is 42.3 Å². The Morgan fingerprint density at radius 2 is 1.97 bits per heavy atom. The number of ketones is 1. The number of rotatable bonds is 14. The maximum atomic E-state index is 14.8. The van der Waals surface area contributed by atoms with Crippen molar-refractivity contribution in [1.29, 1.82) is 0 Å². The summed E-state index contributed by atoms with van der Waals surface area (Å²) in [7, 11) is 0. The van der Waals surface area contributed by atoms with Crippen molar-refractivity contribution in [2.45, 2.75) is 122 Å². The van der Waals surface area contributed by atoms with E-state index in [2.05, 4.69) is 0 Å². The number of halogens is 2. The molecule has 0 radical (unpaired) electrons. The lowest BCUT2D eigenvalue weighted by Gasteiger charge is -2.44. The monoisotopic (exact) mass is 460 g/mol. The van der Waals surface area contributed by atoms with Crippen molar-refractivity contribution in [3.8, 4) is 0 Å². The highest BCUT2D eigenvalue weighted by molar-refractivity contribution is 5.84. The fourth-order valence-corrected chi connectivity index (χ4v) is 4.96. The number of carbonyl (C=O) groups excluding carboxylic acids is 2. The third-order valence-corrected chi connectivity index (χ3v) is 7.25. The van der Waals surface area contributed by atoms with E-state index in [1.54, 1.807) is 6.92 Å². The summed E-state index contributed by atoms with van der Waals surface area (Å²) in [5.41, 5.74) is 0. The van der Waals surface area contributed by atoms with Crippen molar-refractivity contribution >= 4 is 11.8 Å². The van der Waals surface area contributed by atoms with Crippen molar-refractivity contribution in [1.82, 2.24) is 0 Å². The fourth-order valence-electron chi connectivity index (χ4n) is 4.96. The molecule has 0 aromatic heterocycles. The molecule has 7 heteroatoms. The summed E-state index contributed by atoms with van der Waals surface area (Å²) in [4.78, 5) is 24.2. The summed E-state index contributed by atoms with van der Waals surface area (Å²) in [5, 5.41) is 10.6. The third kappa shape index (κ3) is 7.21. The molecule has 32 heavy (non-hydrogen) atoms. The van der Waals surface area contributed by atoms with Crippen LogP contribution in [-0.2, 0) is 19.1 Å². The number of esters is 1. The number of Topliss-reactive ketones (excluding diaryl/α,β-unsaturated/α-hetero) is 1. The zero-order chi connectivity index (χ0) is 23.8. The maximum Gasteiger partial charge on any atom is 0.305 e. The smallest absolute Gasteiger partial charge is 0.305 e. The van der Waals surface area contributed by atoms with Gasteiger partial charge in [-0.05, 0) is 37.5 Å². The maximum absolute atomic E-state index is 14.8. The van der Waals surface area contributed by atoms with Crippen LogP contribution < -0.4 is 0 Å². The van der Waals surface area contributed by atoms with Crippen LogP contribution >= 0.6 is 0 Å². The average Bonchev–Trinajstić information content (AvgIpc) is 3.04. The first-order valence-corrected chi connectivity index (χ1v) is 12.6. The molecule has 186 valence electrons. The second kappa shape index (κ2) is 12.4. The van der Waals surface area contributed by atoms with Gasteiger partial charge >= 0.3 is 11.9 Å². The lowest BCUT2D eigenvalue weighted by molar-refractivity contribution is -0.358. The van der Waals surface area contributed by atoms with Gasteiger partial charge in [0.2, 0.25) is 5.79 Å². The Morgan fingerprint density at radius 3 is 2.66 bits per heavy atom. The molecule has 1 saturated heterocycles. The van der Waals surface area contributed by atoms with Crippen molar-refractivity contribution in [2.24, 2.45) is 17.8 Å². The number of unbranched alkanes of at least 4 members (excludes halogenated alkanes) is 4. The fraction of sp³-hybridized carbons (Fsp3) is 0.920. The summed E-state index contributed by atoms with van der Waals surface area (Å²) in [6.45, 7) is 6.13. The van der Waals surface area contributed by atoms with Crippen molar-refractivity contribution in [3.63, 3.8) is 0 Å². The van der Waals surface area contributed by atoms with E-state index in [0.29, 0.717) is 32.3 Å². The van der Waals surface area contributed by atoms with Gasteiger partial charge in [0, 0.05) is 31.6 Å². The van der Waals surface area contributed by atoms with Gasteiger partial charge in [-0.15, -0.1) is 0 Å². The number of aliphatic hydroxyl groups is 1. The van der Waals surface area contributed by atoms with Crippen LogP contribution in [0.15, 0.2) is 0 Å². The zero-order valence-corrected chi connectivity index (χ0v) is 20.0. The lowest BCUT2D eigenvalue weighted by Crippen LogP contribution is -2.56. The summed E-state index contributed by atoms with van der Waals surface area (Å²) < 4.78 is 40.2. The molecule has 0 amide bonds. The van der Waals surface area contributed by atoms with E-state index in [1.165, 1.54) is 0 Å². The van der Waals surface area contributed by atoms with E-state index in [0.717, 1.165) is 38.5 Å². The minimum Gasteiger partial charge on any atom is -0.466 e. The van der Waals surface area contributed by atoms with Crippen LogP contribution in [0, 0.1) is 17.8 Å². The van der Waals surface area contributed by atoms with E-state index >= 15 is 0 Å². The van der Waals surface area contributed by atoms with Gasteiger partial charge in [-0.2, -0.15) is 0 Å². The second-order valence-corrected chi connectivity index (χ2v) is 9.87. The van der Waals surface area contributed by atoms with Gasteiger partial charge in [0.1, 0.15) is 5.78 Å². The van der Waals surface area contributed by atoms with Gasteiger partial charge in [-0.1, -0.05) is 52.9 Å². The molecule has 5 atom stereocenters. The van der Waals surface area contributed by atoms with Crippen LogP contribution in [0.4, 0.5) is 8.78 Å². The van der Waals surface area contributed by atoms with Gasteiger partial charge in [-0.25, -0.2) is 8.78 Å². The number of hydrogen-bond acceptors (Lipinski definition) is 5. The third-order valence-electron chi connectivity index (χ3n) is 7.25. The van der Waals surface area contributed by atoms with E-state index < -0.39 is 24.2 Å². The van der Waals surface area contributed by atoms with Crippen LogP contribution in [0.1, 0.15) is 104 Å². The quantitative estimate of drug-likeness (QED) is 0.261. The molecule has 0 aromatic carbocycles. The van der Waals surface area contributed by atoms with Crippen LogP contribution in [0.3, 0.4) is 0 Å². The normalized spacial score (nSPS) is 29.1. The molecule has 2 fully saturated rings. The minimum atomic E-state index is -3.33. The van der Waals surface area contributed by atoms with Crippen molar-refractivity contribution < 1.29 is 33.0 Å². The molecule has 1 aliphatic carbocycles. The molecule has 5 nitrogen and oxygen atoms in total. The average molecular weight is 461 g/mol. The number of hydrogen-bond donors (Lipinski definition) is 1. The van der Waals surface area contributed by atoms with Crippen molar-refractivity contribution in [3.05, 3.63) is 0 Å². The topological polar surface area (TPSA) is 72.8 Å². The van der Waals surface area contributed by atoms with Crippen LogP contribution in [-0.4, -0.2) is 41.3 Å². The molecule has 1 heterocycles. The van der Waals surface area contributed by atoms with Gasteiger partial charge in [-0.3, -0.25) is 9.59 Å². The molecule has 2 rings (SSSR count). The summed E-state index contributed by atoms with van der Waals surface area (Å²) in [6, 6.07) is 0. The molecular formula is C25H42F2O5. The summed E-state index contributed by atoms with van der Waals surface area (Å²) in [6.07, 6.45) is 6.41. The Labute approximate surface area is 191 Å². The Morgan fingerprint density at radius 1 is 1.25 bits per heavy atom. The standard InChI is InChI=1S/C25H42F2O5/c1-4-6-15-31-23(29)12-10-8-7-9-11-19-20-13-14-25(30,32-22(20)16-21(19)28)24(26,27)17-18(3)5-2/h18-20,22,30H,4-17H2,1-3H3/t18-,19+,20+,22+,25?/m0/s1. The Bertz CT molecular complexity index is 611. The minimum absolute atomic E-state index is 0.0639. The Kier molecular flexibility index (Phi) is 10.5. The van der Waals surface area contributed by atoms with E-state index in [9.17, 15) is 23.5 Å². The predicted molar refractivity (Wildman–Crippen MR) is 118 cm³/mol. The molecule has 1 unspecified atom stereocenters. The largest absolute Gasteiger partial charge is 0.466 e. The molecule has 2 aliphatic rings. The molecule has 1 saturated carbocycles. The van der Waals surface area contributed by atoms with Gasteiger partial charge in [0.05, 0.1) is 12.7 Å². The molecular weight excluding hydrogens is 418 g/mol. The summed E-state index contributed by atoms with van der Waals surface area (Å²) in [5.74, 6) is -6.36. The first-order valence-electron chi connectivity index (χ1n) is 12.6. The number of ether oxygens (including phenoxy) is 2. The van der Waals surface area contributed by atoms with E-state index in [4.69, 9.17) is 9.47 Å². The Balaban J connectivity index is 1.74. The second-order valence-electron chi connectivity index (χ2n) is 9.87. The molecule has 0 bridgehead atoms. The highest BCUT2D eigenvalue weighted by atomic mass is 19.3. The number of alkyl halides is 2. The van der Waals surface area contributed by atoms with Gasteiger partial charge < -0.3 is 14.6 Å². The van der Waals surface area contributed by atoms with Crippen LogP contribution in [0.5, 0.6) is 0 Å². The highest BCUT2D eigenvalue weighted by Crippen LogP contribution is 2.50. The lowest BCUT2D eigenvalue weighted by atomic mass is 9.81. The first-order chi connectivity index (χ1) is 15.1. The summed E-state index contributed by atoms with van der Waals surface area (Å²) >= 11 is 0. The molecule has 1 aliphatic heterocycles. The molecule has 1 N–H and O–H groups in total. The Hall–Kier alpha value is -1.08. The van der Waals surface area contributed by atoms with Gasteiger partial charge in [0.15, 0.2) is 0 Å². The van der Waals surface area contributed by atoms with Gasteiger partial charge in [0.25, 0.3) is 0 Å². The number of fused-ring (bicyclic) bond motifs is 1. The van der Waals surface area contributed by atoms with Crippen LogP contribution in [0.25, 0.3) is 0 Å². The SMILES string of the molecule is CCCCOC(=O)CCCCCC[C@H]1C(=O)C[C@H]2OC(O)(C(F)(F)C[C@@H](C)CC)CC[C@@H]21.